The van der Waals surface area contributed by atoms with Crippen molar-refractivity contribution in [2.24, 2.45) is 0 Å². The van der Waals surface area contributed by atoms with E-state index in [1.807, 2.05) is 13.8 Å². The number of carbonyl (C=O) groups is 1. The van der Waals surface area contributed by atoms with Crippen molar-refractivity contribution in [2.45, 2.75) is 26.4 Å². The standard InChI is InChI=1S/C10H18N4O3/c1-8(2)13(5-6-15)3-4-14-7-9(10(16)17)11-12-14/h7-8,15H,3-6H2,1-2H3,(H,16,17). The van der Waals surface area contributed by atoms with E-state index < -0.39 is 5.97 Å². The van der Waals surface area contributed by atoms with Crippen LogP contribution in [0.5, 0.6) is 0 Å². The van der Waals surface area contributed by atoms with Crippen molar-refractivity contribution < 1.29 is 15.0 Å². The molecule has 0 amide bonds. The Morgan fingerprint density at radius 3 is 2.71 bits per heavy atom. The van der Waals surface area contributed by atoms with Gasteiger partial charge in [-0.3, -0.25) is 9.58 Å². The first-order valence-electron chi connectivity index (χ1n) is 5.53. The van der Waals surface area contributed by atoms with Crippen molar-refractivity contribution in [3.8, 4) is 0 Å². The van der Waals surface area contributed by atoms with Crippen molar-refractivity contribution in [3.63, 3.8) is 0 Å². The van der Waals surface area contributed by atoms with Crippen molar-refractivity contribution in [2.75, 3.05) is 19.7 Å². The lowest BCUT2D eigenvalue weighted by Gasteiger charge is -2.25. The van der Waals surface area contributed by atoms with E-state index in [1.165, 1.54) is 10.9 Å². The highest BCUT2D eigenvalue weighted by atomic mass is 16.4. The molecule has 0 saturated carbocycles. The maximum atomic E-state index is 10.6. The highest BCUT2D eigenvalue weighted by molar-refractivity contribution is 5.84. The third-order valence-corrected chi connectivity index (χ3v) is 2.49. The highest BCUT2D eigenvalue weighted by Gasteiger charge is 2.11. The van der Waals surface area contributed by atoms with E-state index in [0.717, 1.165) is 0 Å². The summed E-state index contributed by atoms with van der Waals surface area (Å²) < 4.78 is 1.50. The predicted molar refractivity (Wildman–Crippen MR) is 60.8 cm³/mol. The van der Waals surface area contributed by atoms with E-state index in [1.54, 1.807) is 0 Å². The van der Waals surface area contributed by atoms with Gasteiger partial charge in [0.15, 0.2) is 5.69 Å². The minimum atomic E-state index is -1.08. The molecule has 0 unspecified atom stereocenters. The van der Waals surface area contributed by atoms with Gasteiger partial charge in [0.2, 0.25) is 0 Å². The van der Waals surface area contributed by atoms with Crippen LogP contribution >= 0.6 is 0 Å². The molecule has 0 fully saturated rings. The minimum Gasteiger partial charge on any atom is -0.476 e. The molecule has 96 valence electrons. The molecule has 0 bridgehead atoms. The molecule has 1 heterocycles. The van der Waals surface area contributed by atoms with Crippen LogP contribution in [0.25, 0.3) is 0 Å². The number of carboxylic acid groups (broad SMARTS) is 1. The lowest BCUT2D eigenvalue weighted by molar-refractivity contribution is 0.0690. The molecular weight excluding hydrogens is 224 g/mol. The van der Waals surface area contributed by atoms with Crippen LogP contribution < -0.4 is 0 Å². The number of rotatable bonds is 7. The summed E-state index contributed by atoms with van der Waals surface area (Å²) in [5, 5.41) is 24.8. The summed E-state index contributed by atoms with van der Waals surface area (Å²) in [4.78, 5) is 12.7. The number of aliphatic hydroxyl groups excluding tert-OH is 1. The molecule has 7 heteroatoms. The largest absolute Gasteiger partial charge is 0.476 e. The second-order valence-electron chi connectivity index (χ2n) is 4.03. The predicted octanol–water partition coefficient (Wildman–Crippen LogP) is -0.321. The van der Waals surface area contributed by atoms with Gasteiger partial charge in [0.1, 0.15) is 0 Å². The summed E-state index contributed by atoms with van der Waals surface area (Å²) in [7, 11) is 0. The molecule has 17 heavy (non-hydrogen) atoms. The lowest BCUT2D eigenvalue weighted by atomic mass is 10.3. The summed E-state index contributed by atoms with van der Waals surface area (Å²) in [6, 6.07) is 0.324. The Labute approximate surface area is 99.7 Å². The number of nitrogens with zero attached hydrogens (tertiary/aromatic N) is 4. The molecule has 1 aromatic heterocycles. The van der Waals surface area contributed by atoms with E-state index in [4.69, 9.17) is 10.2 Å². The van der Waals surface area contributed by atoms with Crippen molar-refractivity contribution in [1.29, 1.82) is 0 Å². The van der Waals surface area contributed by atoms with E-state index in [0.29, 0.717) is 25.7 Å². The monoisotopic (exact) mass is 242 g/mol. The van der Waals surface area contributed by atoms with Gasteiger partial charge in [0, 0.05) is 19.1 Å². The molecule has 1 aromatic rings. The fourth-order valence-corrected chi connectivity index (χ4v) is 1.49. The first kappa shape index (κ1) is 13.6. The Hall–Kier alpha value is -1.47. The van der Waals surface area contributed by atoms with Crippen LogP contribution in [-0.4, -0.2) is 61.8 Å². The van der Waals surface area contributed by atoms with Gasteiger partial charge >= 0.3 is 5.97 Å². The Kier molecular flexibility index (Phi) is 5.05. The number of hydrogen-bond donors (Lipinski definition) is 2. The number of carboxylic acids is 1. The molecule has 0 aliphatic rings. The van der Waals surface area contributed by atoms with Gasteiger partial charge in [-0.25, -0.2) is 4.79 Å². The average molecular weight is 242 g/mol. The van der Waals surface area contributed by atoms with E-state index in [9.17, 15) is 4.79 Å². The van der Waals surface area contributed by atoms with Crippen molar-refractivity contribution in [3.05, 3.63) is 11.9 Å². The molecule has 2 N–H and O–H groups in total. The Morgan fingerprint density at radius 2 is 2.24 bits per heavy atom. The normalized spacial score (nSPS) is 11.4. The summed E-state index contributed by atoms with van der Waals surface area (Å²) in [5.41, 5.74) is -0.0525. The Bertz CT molecular complexity index is 364. The fourth-order valence-electron chi connectivity index (χ4n) is 1.49. The SMILES string of the molecule is CC(C)N(CCO)CCn1cc(C(=O)O)nn1. The highest BCUT2D eigenvalue weighted by Crippen LogP contribution is 1.99. The summed E-state index contributed by atoms with van der Waals surface area (Å²) in [6.07, 6.45) is 1.40. The zero-order chi connectivity index (χ0) is 12.8. The number of aromatic carboxylic acids is 1. The van der Waals surface area contributed by atoms with Crippen LogP contribution in [0.3, 0.4) is 0 Å². The minimum absolute atomic E-state index is 0.0525. The van der Waals surface area contributed by atoms with Crippen LogP contribution in [0.15, 0.2) is 6.20 Å². The van der Waals surface area contributed by atoms with Gasteiger partial charge in [-0.15, -0.1) is 5.10 Å². The number of hydrogen-bond acceptors (Lipinski definition) is 5. The topological polar surface area (TPSA) is 91.5 Å². The molecule has 0 aliphatic carbocycles. The van der Waals surface area contributed by atoms with Gasteiger partial charge in [-0.05, 0) is 13.8 Å². The number of aromatic nitrogens is 3. The molecule has 0 saturated heterocycles. The van der Waals surface area contributed by atoms with Crippen molar-refractivity contribution >= 4 is 5.97 Å². The maximum Gasteiger partial charge on any atom is 0.358 e. The van der Waals surface area contributed by atoms with Gasteiger partial charge in [0.25, 0.3) is 0 Å². The Balaban J connectivity index is 2.50. The molecule has 0 spiro atoms. The van der Waals surface area contributed by atoms with E-state index in [2.05, 4.69) is 15.2 Å². The van der Waals surface area contributed by atoms with Crippen LogP contribution in [-0.2, 0) is 6.54 Å². The second-order valence-corrected chi connectivity index (χ2v) is 4.03. The van der Waals surface area contributed by atoms with Crippen LogP contribution in [0.2, 0.25) is 0 Å². The van der Waals surface area contributed by atoms with Gasteiger partial charge in [0.05, 0.1) is 19.3 Å². The van der Waals surface area contributed by atoms with Crippen LogP contribution in [0, 0.1) is 0 Å². The molecule has 7 nitrogen and oxygen atoms in total. The summed E-state index contributed by atoms with van der Waals surface area (Å²) in [5.74, 6) is -1.08. The van der Waals surface area contributed by atoms with Crippen molar-refractivity contribution in [1.82, 2.24) is 19.9 Å². The second kappa shape index (κ2) is 6.31. The van der Waals surface area contributed by atoms with E-state index >= 15 is 0 Å². The van der Waals surface area contributed by atoms with Gasteiger partial charge < -0.3 is 10.2 Å². The van der Waals surface area contributed by atoms with E-state index in [-0.39, 0.29) is 12.3 Å². The molecule has 0 aliphatic heterocycles. The third-order valence-electron chi connectivity index (χ3n) is 2.49. The first-order valence-corrected chi connectivity index (χ1v) is 5.53. The summed E-state index contributed by atoms with van der Waals surface area (Å²) in [6.45, 7) is 6.03. The molecule has 0 atom stereocenters. The zero-order valence-corrected chi connectivity index (χ0v) is 10.1. The molecule has 1 rings (SSSR count). The summed E-state index contributed by atoms with van der Waals surface area (Å²) >= 11 is 0. The first-order chi connectivity index (χ1) is 8.04. The number of aliphatic hydroxyl groups is 1. The molecular formula is C10H18N4O3. The molecule has 0 radical (unpaired) electrons. The quantitative estimate of drug-likeness (QED) is 0.681. The zero-order valence-electron chi connectivity index (χ0n) is 10.1. The third kappa shape index (κ3) is 4.12. The van der Waals surface area contributed by atoms with Crippen LogP contribution in [0.1, 0.15) is 24.3 Å². The van der Waals surface area contributed by atoms with Gasteiger partial charge in [-0.2, -0.15) is 0 Å². The molecule has 0 aromatic carbocycles. The van der Waals surface area contributed by atoms with Crippen LogP contribution in [0.4, 0.5) is 0 Å². The fraction of sp³-hybridized carbons (Fsp3) is 0.700. The Morgan fingerprint density at radius 1 is 1.53 bits per heavy atom. The average Bonchev–Trinajstić information content (AvgIpc) is 2.72. The smallest absolute Gasteiger partial charge is 0.358 e. The van der Waals surface area contributed by atoms with Gasteiger partial charge in [-0.1, -0.05) is 5.21 Å². The lowest BCUT2D eigenvalue weighted by Crippen LogP contribution is -2.36. The maximum absolute atomic E-state index is 10.6.